The minimum Gasteiger partial charge on any atom is -0.496 e. The Kier molecular flexibility index (Phi) is 3.89. The summed E-state index contributed by atoms with van der Waals surface area (Å²) in [7, 11) is 1.51. The average Bonchev–Trinajstić information content (AvgIpc) is 2.56. The Morgan fingerprint density at radius 1 is 1.17 bits per heavy atom. The van der Waals surface area contributed by atoms with Crippen molar-refractivity contribution in [3.63, 3.8) is 0 Å². The van der Waals surface area contributed by atoms with Gasteiger partial charge in [-0.3, -0.25) is 9.59 Å². The molecule has 6 heteroatoms. The summed E-state index contributed by atoms with van der Waals surface area (Å²) in [5.74, 6) is 0.382. The predicted molar refractivity (Wildman–Crippen MR) is 90.7 cm³/mol. The first-order valence-electron chi connectivity index (χ1n) is 7.50. The SMILES string of the molecule is COc1ccccc1C(=O)Nc1cccc2c1NC(=O)C(C)(C)O2. The molecule has 0 bridgehead atoms. The number of hydrogen-bond acceptors (Lipinski definition) is 4. The molecular formula is C18H18N2O4. The van der Waals surface area contributed by atoms with Gasteiger partial charge in [0.1, 0.15) is 17.2 Å². The minimum absolute atomic E-state index is 0.269. The summed E-state index contributed by atoms with van der Waals surface area (Å²) in [6.45, 7) is 3.37. The zero-order valence-corrected chi connectivity index (χ0v) is 13.7. The molecule has 0 aromatic heterocycles. The number of carbonyl (C=O) groups is 2. The molecule has 3 rings (SSSR count). The molecule has 1 aliphatic heterocycles. The standard InChI is InChI=1S/C18H18N2O4/c1-18(2)17(22)20-15-12(8-6-10-14(15)24-18)19-16(21)11-7-4-5-9-13(11)23-3/h4-10H,1-3H3,(H,19,21)(H,20,22). The number of para-hydroxylation sites is 2. The number of rotatable bonds is 3. The minimum atomic E-state index is -0.960. The van der Waals surface area contributed by atoms with Gasteiger partial charge in [0.05, 0.1) is 18.4 Å². The molecule has 2 amide bonds. The van der Waals surface area contributed by atoms with Crippen LogP contribution in [0, 0.1) is 0 Å². The molecule has 1 heterocycles. The summed E-state index contributed by atoms with van der Waals surface area (Å²) in [4.78, 5) is 24.7. The maximum Gasteiger partial charge on any atom is 0.268 e. The van der Waals surface area contributed by atoms with E-state index in [1.807, 2.05) is 0 Å². The lowest BCUT2D eigenvalue weighted by molar-refractivity contribution is -0.129. The average molecular weight is 326 g/mol. The van der Waals surface area contributed by atoms with E-state index in [-0.39, 0.29) is 11.8 Å². The maximum absolute atomic E-state index is 12.5. The zero-order chi connectivity index (χ0) is 17.3. The van der Waals surface area contributed by atoms with Gasteiger partial charge in [0, 0.05) is 0 Å². The molecule has 0 fully saturated rings. The summed E-state index contributed by atoms with van der Waals surface area (Å²) < 4.78 is 10.9. The topological polar surface area (TPSA) is 76.7 Å². The van der Waals surface area contributed by atoms with E-state index in [1.165, 1.54) is 7.11 Å². The molecule has 2 aromatic carbocycles. The van der Waals surface area contributed by atoms with Crippen molar-refractivity contribution in [3.8, 4) is 11.5 Å². The van der Waals surface area contributed by atoms with Gasteiger partial charge in [-0.2, -0.15) is 0 Å². The van der Waals surface area contributed by atoms with E-state index < -0.39 is 5.60 Å². The molecule has 6 nitrogen and oxygen atoms in total. The molecule has 124 valence electrons. The van der Waals surface area contributed by atoms with E-state index in [0.717, 1.165) is 0 Å². The Hall–Kier alpha value is -3.02. The molecule has 0 saturated carbocycles. The van der Waals surface area contributed by atoms with Gasteiger partial charge in [-0.1, -0.05) is 18.2 Å². The van der Waals surface area contributed by atoms with Crippen molar-refractivity contribution >= 4 is 23.2 Å². The van der Waals surface area contributed by atoms with Gasteiger partial charge < -0.3 is 20.1 Å². The highest BCUT2D eigenvalue weighted by molar-refractivity contribution is 6.10. The van der Waals surface area contributed by atoms with E-state index >= 15 is 0 Å². The Labute approximate surface area is 139 Å². The van der Waals surface area contributed by atoms with Crippen LogP contribution < -0.4 is 20.1 Å². The van der Waals surface area contributed by atoms with Crippen LogP contribution >= 0.6 is 0 Å². The van der Waals surface area contributed by atoms with Crippen molar-refractivity contribution in [2.45, 2.75) is 19.4 Å². The van der Waals surface area contributed by atoms with Gasteiger partial charge in [0.15, 0.2) is 5.60 Å². The number of amides is 2. The molecule has 0 radical (unpaired) electrons. The Morgan fingerprint density at radius 2 is 1.92 bits per heavy atom. The lowest BCUT2D eigenvalue weighted by atomic mass is 10.1. The monoisotopic (exact) mass is 326 g/mol. The van der Waals surface area contributed by atoms with E-state index in [0.29, 0.717) is 28.4 Å². The second-order valence-electron chi connectivity index (χ2n) is 5.90. The maximum atomic E-state index is 12.5. The molecule has 0 atom stereocenters. The molecule has 24 heavy (non-hydrogen) atoms. The van der Waals surface area contributed by atoms with Crippen molar-refractivity contribution in [1.29, 1.82) is 0 Å². The van der Waals surface area contributed by atoms with Crippen molar-refractivity contribution in [2.24, 2.45) is 0 Å². The molecule has 2 N–H and O–H groups in total. The number of anilines is 2. The van der Waals surface area contributed by atoms with Gasteiger partial charge in [-0.15, -0.1) is 0 Å². The first kappa shape index (κ1) is 15.9. The fraction of sp³-hybridized carbons (Fsp3) is 0.222. The van der Waals surface area contributed by atoms with Crippen LogP contribution in [0.1, 0.15) is 24.2 Å². The second kappa shape index (κ2) is 5.88. The normalized spacial score (nSPS) is 14.9. The Bertz CT molecular complexity index is 814. The van der Waals surface area contributed by atoms with Crippen LogP contribution in [-0.2, 0) is 4.79 Å². The van der Waals surface area contributed by atoms with Crippen LogP contribution in [0.2, 0.25) is 0 Å². The number of hydrogen-bond donors (Lipinski definition) is 2. The lowest BCUT2D eigenvalue weighted by Crippen LogP contribution is -2.45. The van der Waals surface area contributed by atoms with Crippen molar-refractivity contribution in [3.05, 3.63) is 48.0 Å². The Balaban J connectivity index is 1.92. The van der Waals surface area contributed by atoms with Crippen molar-refractivity contribution in [2.75, 3.05) is 17.7 Å². The number of methoxy groups -OCH3 is 1. The molecular weight excluding hydrogens is 308 g/mol. The highest BCUT2D eigenvalue weighted by Gasteiger charge is 2.36. The van der Waals surface area contributed by atoms with Gasteiger partial charge in [-0.25, -0.2) is 0 Å². The molecule has 0 aliphatic carbocycles. The zero-order valence-electron chi connectivity index (χ0n) is 13.7. The number of fused-ring (bicyclic) bond motifs is 1. The molecule has 1 aliphatic rings. The van der Waals surface area contributed by atoms with Gasteiger partial charge in [-0.05, 0) is 38.1 Å². The van der Waals surface area contributed by atoms with Gasteiger partial charge >= 0.3 is 0 Å². The number of carbonyl (C=O) groups excluding carboxylic acids is 2. The number of nitrogens with one attached hydrogen (secondary N) is 2. The van der Waals surface area contributed by atoms with Crippen LogP contribution in [0.3, 0.4) is 0 Å². The quantitative estimate of drug-likeness (QED) is 0.909. The summed E-state index contributed by atoms with van der Waals surface area (Å²) in [6, 6.07) is 12.1. The molecule has 2 aromatic rings. The third-order valence-corrected chi connectivity index (χ3v) is 3.78. The van der Waals surface area contributed by atoms with Crippen LogP contribution in [0.5, 0.6) is 11.5 Å². The van der Waals surface area contributed by atoms with Crippen molar-refractivity contribution < 1.29 is 19.1 Å². The van der Waals surface area contributed by atoms with E-state index in [9.17, 15) is 9.59 Å². The summed E-state index contributed by atoms with van der Waals surface area (Å²) in [5.41, 5.74) is 0.358. The van der Waals surface area contributed by atoms with Crippen LogP contribution in [-0.4, -0.2) is 24.5 Å². The largest absolute Gasteiger partial charge is 0.496 e. The molecule has 0 unspecified atom stereocenters. The predicted octanol–water partition coefficient (Wildman–Crippen LogP) is 3.06. The van der Waals surface area contributed by atoms with Gasteiger partial charge in [0.25, 0.3) is 11.8 Å². The Morgan fingerprint density at radius 3 is 2.67 bits per heavy atom. The van der Waals surface area contributed by atoms with Crippen LogP contribution in [0.4, 0.5) is 11.4 Å². The fourth-order valence-corrected chi connectivity index (χ4v) is 2.46. The number of ether oxygens (including phenoxy) is 2. The van der Waals surface area contributed by atoms with Gasteiger partial charge in [0.2, 0.25) is 0 Å². The molecule has 0 spiro atoms. The van der Waals surface area contributed by atoms with Crippen molar-refractivity contribution in [1.82, 2.24) is 0 Å². The molecule has 0 saturated heterocycles. The first-order chi connectivity index (χ1) is 11.4. The van der Waals surface area contributed by atoms with E-state index in [2.05, 4.69) is 10.6 Å². The third-order valence-electron chi connectivity index (χ3n) is 3.78. The second-order valence-corrected chi connectivity index (χ2v) is 5.90. The highest BCUT2D eigenvalue weighted by atomic mass is 16.5. The smallest absolute Gasteiger partial charge is 0.268 e. The summed E-state index contributed by atoms with van der Waals surface area (Å²) in [5, 5.41) is 5.59. The third kappa shape index (κ3) is 2.78. The van der Waals surface area contributed by atoms with Crippen LogP contribution in [0.15, 0.2) is 42.5 Å². The first-order valence-corrected chi connectivity index (χ1v) is 7.50. The summed E-state index contributed by atoms with van der Waals surface area (Å²) >= 11 is 0. The fourth-order valence-electron chi connectivity index (χ4n) is 2.46. The lowest BCUT2D eigenvalue weighted by Gasteiger charge is -2.32. The highest BCUT2D eigenvalue weighted by Crippen LogP contribution is 2.39. The van der Waals surface area contributed by atoms with Crippen LogP contribution in [0.25, 0.3) is 0 Å². The number of benzene rings is 2. The summed E-state index contributed by atoms with van der Waals surface area (Å²) in [6.07, 6.45) is 0. The van der Waals surface area contributed by atoms with E-state index in [4.69, 9.17) is 9.47 Å². The van der Waals surface area contributed by atoms with E-state index in [1.54, 1.807) is 56.3 Å².